The molecule has 0 aliphatic carbocycles. The number of carbonyl (C=O) groups excluding carboxylic acids is 6. The molecule has 0 unspecified atom stereocenters. The first-order chi connectivity index (χ1) is 29.9. The number of nitrogens with two attached hydrogens (primary N) is 3. The highest BCUT2D eigenvalue weighted by molar-refractivity contribution is 5.97. The number of hydrogen-bond donors (Lipinski definition) is 9. The number of H-pyrrole nitrogens is 2. The fourth-order valence-corrected chi connectivity index (χ4v) is 7.59. The van der Waals surface area contributed by atoms with Crippen molar-refractivity contribution in [3.05, 3.63) is 120 Å². The van der Waals surface area contributed by atoms with Crippen LogP contribution in [0.25, 0.3) is 21.8 Å². The second-order valence-corrected chi connectivity index (χ2v) is 15.5. The molecule has 0 radical (unpaired) electrons. The van der Waals surface area contributed by atoms with Crippen LogP contribution in [0.15, 0.2) is 103 Å². The van der Waals surface area contributed by atoms with E-state index >= 15 is 0 Å². The maximum absolute atomic E-state index is 14.4. The number of carbonyl (C=O) groups is 6. The third-order valence-electron chi connectivity index (χ3n) is 11.0. The molecule has 5 atom stereocenters. The second-order valence-electron chi connectivity index (χ2n) is 15.5. The minimum absolute atomic E-state index is 0.00899. The Hall–Kier alpha value is -6.98. The van der Waals surface area contributed by atoms with E-state index in [1.807, 2.05) is 54.6 Å². The van der Waals surface area contributed by atoms with Crippen LogP contribution in [0.5, 0.6) is 0 Å². The molecule has 1 aliphatic rings. The Balaban J connectivity index is 1.24. The molecule has 0 fully saturated rings. The third kappa shape index (κ3) is 11.2. The van der Waals surface area contributed by atoms with Gasteiger partial charge in [-0.05, 0) is 61.6 Å². The lowest BCUT2D eigenvalue weighted by atomic mass is 10.0. The molecule has 1 aliphatic heterocycles. The highest BCUT2D eigenvalue weighted by atomic mass is 16.2. The summed E-state index contributed by atoms with van der Waals surface area (Å²) in [7, 11) is 0. The van der Waals surface area contributed by atoms with Gasteiger partial charge in [-0.2, -0.15) is 0 Å². The maximum Gasteiger partial charge on any atom is 0.335 e. The monoisotopic (exact) mass is 845 g/mol. The van der Waals surface area contributed by atoms with Crippen molar-refractivity contribution in [3.63, 3.8) is 0 Å². The minimum atomic E-state index is -1.24. The molecule has 5 aromatic rings. The molecule has 17 nitrogen and oxygen atoms in total. The number of primary amides is 1. The van der Waals surface area contributed by atoms with E-state index in [0.29, 0.717) is 24.9 Å². The average Bonchev–Trinajstić information content (AvgIpc) is 3.83. The summed E-state index contributed by atoms with van der Waals surface area (Å²) in [5.74, 6) is 2.72. The lowest BCUT2D eigenvalue weighted by Crippen LogP contribution is -2.60. The van der Waals surface area contributed by atoms with Crippen LogP contribution in [0.1, 0.15) is 42.9 Å². The van der Waals surface area contributed by atoms with Crippen LogP contribution < -0.4 is 38.6 Å². The molecule has 0 bridgehead atoms. The van der Waals surface area contributed by atoms with Gasteiger partial charge >= 0.3 is 6.03 Å². The first-order valence-electron chi connectivity index (χ1n) is 20.8. The summed E-state index contributed by atoms with van der Waals surface area (Å²) in [6, 6.07) is 17.9. The van der Waals surface area contributed by atoms with Crippen molar-refractivity contribution in [1.82, 2.24) is 41.1 Å². The Morgan fingerprint density at radius 1 is 0.661 bits per heavy atom. The Kier molecular flexibility index (Phi) is 15.1. The zero-order valence-electron chi connectivity index (χ0n) is 34.6. The van der Waals surface area contributed by atoms with Gasteiger partial charge in [0.25, 0.3) is 0 Å². The molecule has 0 saturated carbocycles. The molecule has 0 spiro atoms. The number of benzene rings is 3. The number of nitrogens with zero attached hydrogens (tertiary/aromatic N) is 2. The van der Waals surface area contributed by atoms with Crippen molar-refractivity contribution in [3.8, 4) is 0 Å². The highest BCUT2D eigenvalue weighted by Gasteiger charge is 2.36. The van der Waals surface area contributed by atoms with Gasteiger partial charge in [0, 0.05) is 60.0 Å². The molecule has 12 N–H and O–H groups in total. The summed E-state index contributed by atoms with van der Waals surface area (Å²) >= 11 is 0. The van der Waals surface area contributed by atoms with Gasteiger partial charge in [-0.3, -0.25) is 29.0 Å². The Labute approximate surface area is 359 Å². The molecule has 3 heterocycles. The number of aromatic nitrogens is 2. The number of nitrogens with one attached hydrogen (secondary N) is 6. The quantitative estimate of drug-likeness (QED) is 0.0241. The minimum Gasteiger partial charge on any atom is -0.368 e. The van der Waals surface area contributed by atoms with E-state index < -0.39 is 65.8 Å². The van der Waals surface area contributed by atoms with E-state index in [4.69, 9.17) is 17.3 Å². The normalized spacial score (nSPS) is 15.3. The average molecular weight is 846 g/mol. The summed E-state index contributed by atoms with van der Waals surface area (Å²) in [6.45, 7) is 2.15. The zero-order chi connectivity index (χ0) is 44.2. The van der Waals surface area contributed by atoms with Crippen molar-refractivity contribution in [2.75, 3.05) is 19.6 Å². The summed E-state index contributed by atoms with van der Waals surface area (Å²) in [4.78, 5) is 90.4. The van der Waals surface area contributed by atoms with E-state index in [0.717, 1.165) is 37.9 Å². The van der Waals surface area contributed by atoms with Crippen LogP contribution in [-0.2, 0) is 43.2 Å². The molecule has 62 heavy (non-hydrogen) atoms. The number of hydrazine groups is 1. The maximum atomic E-state index is 14.4. The number of urea groups is 1. The topological polar surface area (TPSA) is 267 Å². The molecule has 0 saturated heterocycles. The summed E-state index contributed by atoms with van der Waals surface area (Å²) < 4.78 is 0. The van der Waals surface area contributed by atoms with E-state index in [1.165, 1.54) is 11.8 Å². The molecule has 3 aromatic carbocycles. The molecule has 6 rings (SSSR count). The van der Waals surface area contributed by atoms with E-state index in [1.54, 1.807) is 48.8 Å². The van der Waals surface area contributed by atoms with Crippen molar-refractivity contribution in [1.29, 1.82) is 0 Å². The molecule has 2 aromatic heterocycles. The third-order valence-corrected chi connectivity index (χ3v) is 11.0. The Bertz CT molecular complexity index is 2390. The van der Waals surface area contributed by atoms with Crippen LogP contribution in [0, 0.1) is 0 Å². The second kappa shape index (κ2) is 21.0. The Morgan fingerprint density at radius 2 is 1.21 bits per heavy atom. The van der Waals surface area contributed by atoms with Gasteiger partial charge in [0.15, 0.2) is 0 Å². The number of amides is 7. The molecule has 326 valence electrons. The fourth-order valence-electron chi connectivity index (χ4n) is 7.59. The predicted octanol–water partition coefficient (Wildman–Crippen LogP) is 1.79. The number of para-hydroxylation sites is 2. The number of hydrogen-bond acceptors (Lipinski definition) is 8. The van der Waals surface area contributed by atoms with Crippen LogP contribution >= 0.6 is 0 Å². The SMILES string of the molecule is C[C@H](NC(=O)[C@@H](Cc1c[nH]c2ccccc12)N1CC=CCN(N)C1=O)C(=O)N[C@@H](Cc1c[nH]c2ccccc12)C(=O)N[C@H](Cc1ccccc1)C(=O)N[C@@H](CCCCN)C(N)=O. The van der Waals surface area contributed by atoms with E-state index in [-0.39, 0.29) is 38.8 Å². The number of aromatic amines is 2. The van der Waals surface area contributed by atoms with Gasteiger partial charge in [-0.1, -0.05) is 78.9 Å². The fraction of sp³-hybridized carbons (Fsp3) is 0.333. The van der Waals surface area contributed by atoms with Gasteiger partial charge in [0.1, 0.15) is 30.2 Å². The largest absolute Gasteiger partial charge is 0.368 e. The van der Waals surface area contributed by atoms with Crippen molar-refractivity contribution in [2.45, 2.75) is 75.7 Å². The van der Waals surface area contributed by atoms with Gasteiger partial charge in [-0.25, -0.2) is 10.6 Å². The predicted molar refractivity (Wildman–Crippen MR) is 236 cm³/mol. The van der Waals surface area contributed by atoms with E-state index in [9.17, 15) is 28.8 Å². The van der Waals surface area contributed by atoms with Crippen molar-refractivity contribution < 1.29 is 28.8 Å². The van der Waals surface area contributed by atoms with Crippen LogP contribution in [0.3, 0.4) is 0 Å². The smallest absolute Gasteiger partial charge is 0.335 e. The number of unbranched alkanes of at least 4 members (excludes halogenated alkanes) is 1. The molecule has 7 amide bonds. The molecular formula is C45H55N11O6. The van der Waals surface area contributed by atoms with Crippen LogP contribution in [0.2, 0.25) is 0 Å². The summed E-state index contributed by atoms with van der Waals surface area (Å²) in [5.41, 5.74) is 15.2. The lowest BCUT2D eigenvalue weighted by Gasteiger charge is -2.32. The zero-order valence-corrected chi connectivity index (χ0v) is 34.6. The standard InChI is InChI=1S/C45H55N11O6/c1-28(51-44(61)39(55-21-11-12-22-56(48)45(55)62)25-31-27-50-35-18-8-6-16-33(31)35)41(58)53-38(24-30-26-49-34-17-7-5-15-32(30)34)43(60)54-37(23-29-13-3-2-4-14-29)42(59)52-36(40(47)57)19-9-10-20-46/h2-8,11-18,26-28,36-39,49-50H,9-10,19-25,46,48H2,1H3,(H2,47,57)(H,51,61)(H,52,59)(H,53,58)(H,54,60)/t28-,36-,37+,38-,39+/m0/s1. The highest BCUT2D eigenvalue weighted by Crippen LogP contribution is 2.23. The molecular weight excluding hydrogens is 791 g/mol. The van der Waals surface area contributed by atoms with Gasteiger partial charge in [0.2, 0.25) is 29.5 Å². The summed E-state index contributed by atoms with van der Waals surface area (Å²) in [6.07, 6.45) is 8.65. The van der Waals surface area contributed by atoms with Crippen molar-refractivity contribution >= 4 is 57.4 Å². The van der Waals surface area contributed by atoms with Crippen LogP contribution in [0.4, 0.5) is 4.79 Å². The van der Waals surface area contributed by atoms with Crippen molar-refractivity contribution in [2.24, 2.45) is 17.3 Å². The lowest BCUT2D eigenvalue weighted by molar-refractivity contribution is -0.134. The molecule has 17 heteroatoms. The first-order valence-corrected chi connectivity index (χ1v) is 20.8. The number of fused-ring (bicyclic) bond motifs is 2. The van der Waals surface area contributed by atoms with E-state index in [2.05, 4.69) is 31.2 Å². The van der Waals surface area contributed by atoms with Gasteiger partial charge in [-0.15, -0.1) is 0 Å². The van der Waals surface area contributed by atoms with Gasteiger partial charge in [0.05, 0.1) is 6.54 Å². The van der Waals surface area contributed by atoms with Gasteiger partial charge < -0.3 is 47.6 Å². The first kappa shape index (κ1) is 44.6. The Morgan fingerprint density at radius 3 is 1.84 bits per heavy atom. The number of rotatable bonds is 20. The van der Waals surface area contributed by atoms with Crippen LogP contribution in [-0.4, -0.2) is 105 Å². The summed E-state index contributed by atoms with van der Waals surface area (Å²) in [5, 5.41) is 13.9.